The van der Waals surface area contributed by atoms with Crippen molar-refractivity contribution in [2.24, 2.45) is 0 Å². The molecule has 20 heavy (non-hydrogen) atoms. The average Bonchev–Trinajstić information content (AvgIpc) is 2.41. The molecule has 0 fully saturated rings. The normalized spacial score (nSPS) is 17.4. The first-order valence-electron chi connectivity index (χ1n) is 6.56. The molecule has 1 aromatic carbocycles. The van der Waals surface area contributed by atoms with E-state index in [4.69, 9.17) is 15.2 Å². The minimum Gasteiger partial charge on any atom is -0.479 e. The Kier molecular flexibility index (Phi) is 4.12. The lowest BCUT2D eigenvalue weighted by atomic mass is 10.1. The third-order valence-electron chi connectivity index (χ3n) is 2.97. The molecule has 1 unspecified atom stereocenters. The number of hydrogen-bond donors (Lipinski definition) is 1. The van der Waals surface area contributed by atoms with Crippen molar-refractivity contribution in [3.8, 4) is 5.75 Å². The fourth-order valence-electron chi connectivity index (χ4n) is 2.04. The Balaban J connectivity index is 2.27. The lowest BCUT2D eigenvalue weighted by molar-refractivity contribution is -0.143. The van der Waals surface area contributed by atoms with E-state index in [-0.39, 0.29) is 12.5 Å². The van der Waals surface area contributed by atoms with E-state index in [9.17, 15) is 9.59 Å². The molecule has 1 amide bonds. The molecular formula is C14H18N2O4. The molecule has 1 aromatic rings. The Labute approximate surface area is 117 Å². The Morgan fingerprint density at radius 1 is 1.50 bits per heavy atom. The molecule has 0 saturated carbocycles. The van der Waals surface area contributed by atoms with E-state index in [2.05, 4.69) is 0 Å². The van der Waals surface area contributed by atoms with Crippen LogP contribution >= 0.6 is 0 Å². The van der Waals surface area contributed by atoms with Crippen LogP contribution in [-0.4, -0.2) is 31.1 Å². The molecule has 2 N–H and O–H groups in total. The predicted octanol–water partition coefficient (Wildman–Crippen LogP) is 1.34. The van der Waals surface area contributed by atoms with Crippen molar-refractivity contribution in [3.63, 3.8) is 0 Å². The van der Waals surface area contributed by atoms with Crippen LogP contribution in [0.15, 0.2) is 18.2 Å². The van der Waals surface area contributed by atoms with Gasteiger partial charge in [0.15, 0.2) is 6.10 Å². The zero-order valence-corrected chi connectivity index (χ0v) is 11.6. The highest BCUT2D eigenvalue weighted by molar-refractivity contribution is 6.05. The smallest absolute Gasteiger partial charge is 0.326 e. The van der Waals surface area contributed by atoms with E-state index in [0.29, 0.717) is 23.7 Å². The van der Waals surface area contributed by atoms with Crippen molar-refractivity contribution in [3.05, 3.63) is 18.2 Å². The van der Waals surface area contributed by atoms with Gasteiger partial charge in [0.2, 0.25) is 0 Å². The van der Waals surface area contributed by atoms with Gasteiger partial charge in [-0.15, -0.1) is 0 Å². The minimum absolute atomic E-state index is 0.159. The van der Waals surface area contributed by atoms with E-state index in [1.165, 1.54) is 4.90 Å². The number of nitrogens with zero attached hydrogens (tertiary/aromatic N) is 1. The summed E-state index contributed by atoms with van der Waals surface area (Å²) < 4.78 is 10.5. The van der Waals surface area contributed by atoms with Crippen LogP contribution in [-0.2, 0) is 14.3 Å². The molecule has 1 aliphatic rings. The summed E-state index contributed by atoms with van der Waals surface area (Å²) in [6, 6.07) is 5.12. The molecule has 1 heterocycles. The number of anilines is 2. The van der Waals surface area contributed by atoms with Crippen LogP contribution in [0.1, 0.15) is 20.3 Å². The summed E-state index contributed by atoms with van der Waals surface area (Å²) in [6.07, 6.45) is 0.0843. The van der Waals surface area contributed by atoms with Crippen LogP contribution in [0.5, 0.6) is 5.75 Å². The van der Waals surface area contributed by atoms with Crippen LogP contribution < -0.4 is 15.4 Å². The van der Waals surface area contributed by atoms with Gasteiger partial charge in [-0.3, -0.25) is 14.5 Å². The first kappa shape index (κ1) is 14.2. The van der Waals surface area contributed by atoms with Crippen molar-refractivity contribution in [1.82, 2.24) is 0 Å². The van der Waals surface area contributed by atoms with Gasteiger partial charge in [0.1, 0.15) is 18.0 Å². The van der Waals surface area contributed by atoms with Gasteiger partial charge in [-0.25, -0.2) is 0 Å². The standard InChI is InChI=1S/C14H18N2O4/c1-3-7-19-12(17)8-16-13-10(15)5-4-6-11(13)20-9(2)14(16)18/h4-6,9H,3,7-8,15H2,1-2H3. The van der Waals surface area contributed by atoms with Gasteiger partial charge in [-0.2, -0.15) is 0 Å². The summed E-state index contributed by atoms with van der Waals surface area (Å²) in [5.41, 5.74) is 6.72. The van der Waals surface area contributed by atoms with Crippen molar-refractivity contribution < 1.29 is 19.1 Å². The predicted molar refractivity (Wildman–Crippen MR) is 74.5 cm³/mol. The molecule has 6 nitrogen and oxygen atoms in total. The summed E-state index contributed by atoms with van der Waals surface area (Å²) in [4.78, 5) is 25.3. The van der Waals surface area contributed by atoms with Crippen molar-refractivity contribution in [1.29, 1.82) is 0 Å². The molecule has 1 aliphatic heterocycles. The van der Waals surface area contributed by atoms with E-state index in [1.807, 2.05) is 6.92 Å². The summed E-state index contributed by atoms with van der Waals surface area (Å²) in [6.45, 7) is 3.72. The highest BCUT2D eigenvalue weighted by atomic mass is 16.5. The molecule has 108 valence electrons. The maximum atomic E-state index is 12.2. The zero-order valence-electron chi connectivity index (χ0n) is 11.6. The number of rotatable bonds is 4. The Morgan fingerprint density at radius 3 is 2.95 bits per heavy atom. The third kappa shape index (κ3) is 2.68. The molecule has 1 atom stereocenters. The molecule has 6 heteroatoms. The van der Waals surface area contributed by atoms with Gasteiger partial charge < -0.3 is 15.2 Å². The fraction of sp³-hybridized carbons (Fsp3) is 0.429. The second-order valence-corrected chi connectivity index (χ2v) is 4.60. The number of para-hydroxylation sites is 1. The van der Waals surface area contributed by atoms with Gasteiger partial charge in [0.25, 0.3) is 5.91 Å². The van der Waals surface area contributed by atoms with Crippen molar-refractivity contribution in [2.45, 2.75) is 26.4 Å². The van der Waals surface area contributed by atoms with E-state index < -0.39 is 12.1 Å². The third-order valence-corrected chi connectivity index (χ3v) is 2.97. The van der Waals surface area contributed by atoms with Crippen LogP contribution in [0.25, 0.3) is 0 Å². The van der Waals surface area contributed by atoms with Crippen molar-refractivity contribution in [2.75, 3.05) is 23.8 Å². The van der Waals surface area contributed by atoms with Crippen LogP contribution in [0.3, 0.4) is 0 Å². The fourth-order valence-corrected chi connectivity index (χ4v) is 2.04. The second-order valence-electron chi connectivity index (χ2n) is 4.60. The first-order chi connectivity index (χ1) is 9.54. The molecule has 0 aliphatic carbocycles. The lowest BCUT2D eigenvalue weighted by Gasteiger charge is -2.33. The summed E-state index contributed by atoms with van der Waals surface area (Å²) in [5.74, 6) is -0.257. The van der Waals surface area contributed by atoms with Crippen LogP contribution in [0.2, 0.25) is 0 Å². The molecule has 0 aromatic heterocycles. The average molecular weight is 278 g/mol. The van der Waals surface area contributed by atoms with E-state index in [0.717, 1.165) is 6.42 Å². The molecule has 0 bridgehead atoms. The summed E-state index contributed by atoms with van der Waals surface area (Å²) in [7, 11) is 0. The Hall–Kier alpha value is -2.24. The lowest BCUT2D eigenvalue weighted by Crippen LogP contribution is -2.47. The van der Waals surface area contributed by atoms with Gasteiger partial charge in [0.05, 0.1) is 12.3 Å². The minimum atomic E-state index is -0.650. The monoisotopic (exact) mass is 278 g/mol. The number of amides is 1. The molecule has 2 rings (SSSR count). The zero-order chi connectivity index (χ0) is 14.7. The topological polar surface area (TPSA) is 81.9 Å². The number of ether oxygens (including phenoxy) is 2. The second kappa shape index (κ2) is 5.81. The molecule has 0 spiro atoms. The number of esters is 1. The number of carbonyl (C=O) groups is 2. The molecule has 0 saturated heterocycles. The number of nitrogens with two attached hydrogens (primary N) is 1. The van der Waals surface area contributed by atoms with Gasteiger partial charge in [-0.1, -0.05) is 13.0 Å². The number of fused-ring (bicyclic) bond motifs is 1. The first-order valence-corrected chi connectivity index (χ1v) is 6.56. The number of carbonyl (C=O) groups excluding carboxylic acids is 2. The Morgan fingerprint density at radius 2 is 2.25 bits per heavy atom. The maximum absolute atomic E-state index is 12.2. The van der Waals surface area contributed by atoms with Gasteiger partial charge in [-0.05, 0) is 25.5 Å². The summed E-state index contributed by atoms with van der Waals surface area (Å²) in [5, 5.41) is 0. The maximum Gasteiger partial charge on any atom is 0.326 e. The largest absolute Gasteiger partial charge is 0.479 e. The van der Waals surface area contributed by atoms with Crippen LogP contribution in [0.4, 0.5) is 11.4 Å². The quantitative estimate of drug-likeness (QED) is 0.664. The molecule has 0 radical (unpaired) electrons. The molecular weight excluding hydrogens is 260 g/mol. The highest BCUT2D eigenvalue weighted by Crippen LogP contribution is 2.38. The number of benzene rings is 1. The van der Waals surface area contributed by atoms with E-state index >= 15 is 0 Å². The van der Waals surface area contributed by atoms with Crippen LogP contribution in [0, 0.1) is 0 Å². The van der Waals surface area contributed by atoms with Gasteiger partial charge in [0, 0.05) is 0 Å². The SMILES string of the molecule is CCCOC(=O)CN1C(=O)C(C)Oc2cccc(N)c21. The van der Waals surface area contributed by atoms with Gasteiger partial charge >= 0.3 is 5.97 Å². The number of hydrogen-bond acceptors (Lipinski definition) is 5. The van der Waals surface area contributed by atoms with E-state index in [1.54, 1.807) is 25.1 Å². The highest BCUT2D eigenvalue weighted by Gasteiger charge is 2.34. The summed E-state index contributed by atoms with van der Waals surface area (Å²) >= 11 is 0. The Bertz CT molecular complexity index is 530. The number of nitrogen functional groups attached to an aromatic ring is 1. The van der Waals surface area contributed by atoms with Crippen molar-refractivity contribution >= 4 is 23.3 Å².